The number of rotatable bonds is 30. The lowest BCUT2D eigenvalue weighted by Gasteiger charge is -2.33. The summed E-state index contributed by atoms with van der Waals surface area (Å²) >= 11 is 0. The maximum Gasteiger partial charge on any atom is 0.0470 e. The molecule has 0 saturated heterocycles. The quantitative estimate of drug-likeness (QED) is 0.0350. The number of unbranched alkanes of at least 4 members (excludes halogenated alkanes) is 16. The summed E-state index contributed by atoms with van der Waals surface area (Å²) in [6, 6.07) is 57.4. The lowest BCUT2D eigenvalue weighted by Crippen LogP contribution is -2.25. The zero-order chi connectivity index (χ0) is 52.2. The number of anilines is 2. The third-order valence-corrected chi connectivity index (χ3v) is 18.6. The van der Waals surface area contributed by atoms with Crippen molar-refractivity contribution < 1.29 is 0 Å². The van der Waals surface area contributed by atoms with Gasteiger partial charge in [0.25, 0.3) is 0 Å². The van der Waals surface area contributed by atoms with Crippen molar-refractivity contribution in [3.05, 3.63) is 179 Å². The Kier molecular flexibility index (Phi) is 18.1. The van der Waals surface area contributed by atoms with Gasteiger partial charge in [0.2, 0.25) is 0 Å². The minimum Gasteiger partial charge on any atom is -0.355 e. The van der Waals surface area contributed by atoms with Gasteiger partial charge in [-0.25, -0.2) is 0 Å². The predicted molar refractivity (Wildman–Crippen MR) is 333 cm³/mol. The zero-order valence-electron chi connectivity index (χ0n) is 47.4. The van der Waals surface area contributed by atoms with Gasteiger partial charge in [0.1, 0.15) is 0 Å². The van der Waals surface area contributed by atoms with Gasteiger partial charge in [-0.05, 0) is 152 Å². The van der Waals surface area contributed by atoms with Gasteiger partial charge in [-0.3, -0.25) is 0 Å². The van der Waals surface area contributed by atoms with Crippen molar-refractivity contribution in [1.29, 1.82) is 0 Å². The molecule has 1 heteroatoms. The van der Waals surface area contributed by atoms with Crippen LogP contribution in [0.1, 0.15) is 222 Å². The molecule has 0 radical (unpaired) electrons. The molecule has 0 amide bonds. The molecule has 0 unspecified atom stereocenters. The highest BCUT2D eigenvalue weighted by molar-refractivity contribution is 6.21. The summed E-state index contributed by atoms with van der Waals surface area (Å²) in [4.78, 5) is 0. The summed E-state index contributed by atoms with van der Waals surface area (Å²) in [5.41, 5.74) is 17.8. The van der Waals surface area contributed by atoms with E-state index in [0.29, 0.717) is 0 Å². The maximum atomic E-state index is 4.10. The van der Waals surface area contributed by atoms with Crippen LogP contribution >= 0.6 is 0 Å². The van der Waals surface area contributed by atoms with Crippen molar-refractivity contribution in [3.63, 3.8) is 0 Å². The normalized spacial score (nSPS) is 13.8. The largest absolute Gasteiger partial charge is 0.355 e. The van der Waals surface area contributed by atoms with E-state index in [9.17, 15) is 0 Å². The molecule has 10 rings (SSSR count). The molecule has 2 aliphatic carbocycles. The van der Waals surface area contributed by atoms with Crippen molar-refractivity contribution in [2.45, 2.75) is 212 Å². The smallest absolute Gasteiger partial charge is 0.0470 e. The van der Waals surface area contributed by atoms with Crippen molar-refractivity contribution >= 4 is 43.7 Å². The van der Waals surface area contributed by atoms with Crippen LogP contribution in [-0.2, 0) is 23.7 Å². The highest BCUT2D eigenvalue weighted by Gasteiger charge is 2.43. The molecule has 0 aliphatic heterocycles. The average molecular weight is 1010 g/mol. The molecule has 396 valence electrons. The first-order valence-corrected chi connectivity index (χ1v) is 31.1. The molecule has 0 bridgehead atoms. The topological polar surface area (TPSA) is 12.0 Å². The maximum absolute atomic E-state index is 4.10. The monoisotopic (exact) mass is 1010 g/mol. The Balaban J connectivity index is 0.944. The standard InChI is InChI=1S/C75H91N/c1-5-9-13-17-29-48-74(49-30-18-14-10-6-2)69-42-27-25-39-62(69)64-46-44-56(52-71(64)74)34-33-35-57-53-67-61-38-23-24-41-66(61)73(55-68(67)60-37-22-21-36-59(57)60)76-58-45-47-65-63-40-26-28-43-70(63)75(72(65)54-58,50-31-19-15-11-7-3)51-32-20-16-12-8-4/h21-28,36-47,52-55,76H,5-20,29-35,48-51H2,1-4H3. The molecule has 0 atom stereocenters. The Morgan fingerprint density at radius 2 is 0.724 bits per heavy atom. The number of fused-ring (bicyclic) bond motifs is 11. The molecule has 0 spiro atoms. The van der Waals surface area contributed by atoms with Crippen molar-refractivity contribution in [2.24, 2.45) is 0 Å². The number of aryl methyl sites for hydroxylation is 2. The number of nitrogens with one attached hydrogen (secondary N) is 1. The molecule has 1 nitrogen and oxygen atoms in total. The molecule has 0 heterocycles. The second kappa shape index (κ2) is 25.7. The van der Waals surface area contributed by atoms with E-state index in [1.165, 1.54) is 231 Å². The van der Waals surface area contributed by atoms with Crippen LogP contribution in [0.5, 0.6) is 0 Å². The van der Waals surface area contributed by atoms with Gasteiger partial charge in [-0.15, -0.1) is 0 Å². The Labute approximate surface area is 459 Å². The van der Waals surface area contributed by atoms with Gasteiger partial charge in [0.05, 0.1) is 0 Å². The Hall–Kier alpha value is -5.66. The van der Waals surface area contributed by atoms with E-state index in [0.717, 1.165) is 19.3 Å². The van der Waals surface area contributed by atoms with Gasteiger partial charge in [0.15, 0.2) is 0 Å². The number of hydrogen-bond acceptors (Lipinski definition) is 1. The molecule has 2 aliphatic rings. The van der Waals surface area contributed by atoms with Crippen molar-refractivity contribution in [3.8, 4) is 22.3 Å². The molecule has 1 N–H and O–H groups in total. The molecular formula is C75H91N. The van der Waals surface area contributed by atoms with E-state index in [1.54, 1.807) is 22.3 Å². The lowest BCUT2D eigenvalue weighted by molar-refractivity contribution is 0.398. The highest BCUT2D eigenvalue weighted by Crippen LogP contribution is 2.56. The summed E-state index contributed by atoms with van der Waals surface area (Å²) in [5.74, 6) is 0. The number of hydrogen-bond donors (Lipinski definition) is 1. The van der Waals surface area contributed by atoms with E-state index >= 15 is 0 Å². The minimum atomic E-state index is 0.0538. The molecule has 8 aromatic carbocycles. The first-order valence-electron chi connectivity index (χ1n) is 31.1. The second-order valence-corrected chi connectivity index (χ2v) is 23.7. The lowest BCUT2D eigenvalue weighted by atomic mass is 9.70. The third-order valence-electron chi connectivity index (χ3n) is 18.6. The van der Waals surface area contributed by atoms with Crippen LogP contribution in [0.4, 0.5) is 11.4 Å². The van der Waals surface area contributed by atoms with Crippen molar-refractivity contribution in [2.75, 3.05) is 5.32 Å². The van der Waals surface area contributed by atoms with Crippen molar-refractivity contribution in [1.82, 2.24) is 0 Å². The van der Waals surface area contributed by atoms with E-state index < -0.39 is 0 Å². The van der Waals surface area contributed by atoms with Gasteiger partial charge >= 0.3 is 0 Å². The predicted octanol–water partition coefficient (Wildman–Crippen LogP) is 23.0. The SMILES string of the molecule is CCCCCCCC1(CCCCCCC)c2ccccc2-c2ccc(CCCc3cc4c5ccccc5c(Nc5ccc6c(c5)C(CCCCCCC)(CCCCCCC)c5ccccc5-6)cc4c4ccccc34)cc21. The van der Waals surface area contributed by atoms with Crippen LogP contribution in [-0.4, -0.2) is 0 Å². The fourth-order valence-corrected chi connectivity index (χ4v) is 14.6. The van der Waals surface area contributed by atoms with Crippen LogP contribution in [0, 0.1) is 0 Å². The molecular weight excluding hydrogens is 915 g/mol. The van der Waals surface area contributed by atoms with Crippen LogP contribution in [0.25, 0.3) is 54.6 Å². The van der Waals surface area contributed by atoms with Crippen LogP contribution in [0.2, 0.25) is 0 Å². The van der Waals surface area contributed by atoms with Gasteiger partial charge in [-0.1, -0.05) is 277 Å². The van der Waals surface area contributed by atoms with Crippen LogP contribution in [0.3, 0.4) is 0 Å². The highest BCUT2D eigenvalue weighted by atomic mass is 14.9. The molecule has 0 saturated carbocycles. The van der Waals surface area contributed by atoms with E-state index in [4.69, 9.17) is 0 Å². The summed E-state index contributed by atoms with van der Waals surface area (Å²) in [5, 5.41) is 12.2. The van der Waals surface area contributed by atoms with E-state index in [1.807, 2.05) is 0 Å². The van der Waals surface area contributed by atoms with Gasteiger partial charge in [0, 0.05) is 27.6 Å². The fourth-order valence-electron chi connectivity index (χ4n) is 14.6. The summed E-state index contributed by atoms with van der Waals surface area (Å²) < 4.78 is 0. The Morgan fingerprint density at radius 1 is 0.303 bits per heavy atom. The second-order valence-electron chi connectivity index (χ2n) is 23.7. The summed E-state index contributed by atoms with van der Waals surface area (Å²) in [6.07, 6.45) is 34.8. The molecule has 8 aromatic rings. The Bertz CT molecular complexity index is 3160. The van der Waals surface area contributed by atoms with Gasteiger partial charge in [-0.2, -0.15) is 0 Å². The van der Waals surface area contributed by atoms with E-state index in [2.05, 4.69) is 179 Å². The summed E-state index contributed by atoms with van der Waals surface area (Å²) in [7, 11) is 0. The van der Waals surface area contributed by atoms with E-state index in [-0.39, 0.29) is 10.8 Å². The minimum absolute atomic E-state index is 0.0538. The number of benzene rings is 8. The van der Waals surface area contributed by atoms with Crippen LogP contribution < -0.4 is 5.32 Å². The third kappa shape index (κ3) is 11.2. The molecule has 0 aromatic heterocycles. The fraction of sp³-hybridized carbons (Fsp3) is 0.440. The average Bonchev–Trinajstić information content (AvgIpc) is 4.00. The molecule has 0 fully saturated rings. The molecule has 76 heavy (non-hydrogen) atoms. The van der Waals surface area contributed by atoms with Crippen LogP contribution in [0.15, 0.2) is 146 Å². The zero-order valence-corrected chi connectivity index (χ0v) is 47.4. The Morgan fingerprint density at radius 3 is 1.26 bits per heavy atom. The first kappa shape index (κ1) is 53.7. The summed E-state index contributed by atoms with van der Waals surface area (Å²) in [6.45, 7) is 9.34. The first-order chi connectivity index (χ1) is 37.5. The van der Waals surface area contributed by atoms with Gasteiger partial charge < -0.3 is 5.32 Å².